The number of nitrogens with zero attached hydrogens (tertiary/aromatic N) is 1. The molecule has 8 heteroatoms. The molecule has 0 spiro atoms. The van der Waals surface area contributed by atoms with Crippen molar-refractivity contribution in [1.29, 1.82) is 0 Å². The summed E-state index contributed by atoms with van der Waals surface area (Å²) in [4.78, 5) is 49.6. The molecule has 3 rings (SSSR count). The fourth-order valence-corrected chi connectivity index (χ4v) is 2.97. The average Bonchev–Trinajstić information content (AvgIpc) is 3.22. The molecular weight excluding hydrogens is 344 g/mol. The molecule has 2 aromatic rings. The number of rotatable bonds is 5. The lowest BCUT2D eigenvalue weighted by Gasteiger charge is -2.17. The zero-order valence-electron chi connectivity index (χ0n) is 13.2. The number of benzene rings is 1. The van der Waals surface area contributed by atoms with Gasteiger partial charge in [0.05, 0.1) is 16.0 Å². The highest BCUT2D eigenvalue weighted by atomic mass is 32.1. The van der Waals surface area contributed by atoms with Gasteiger partial charge in [-0.2, -0.15) is 0 Å². The smallest absolute Gasteiger partial charge is 0.330 e. The number of fused-ring (bicyclic) bond motifs is 1. The number of ether oxygens (including phenoxy) is 1. The molecular formula is C17H14N2O5S. The summed E-state index contributed by atoms with van der Waals surface area (Å²) in [6, 6.07) is 8.85. The first kappa shape index (κ1) is 16.8. The number of carbonyl (C=O) groups is 4. The van der Waals surface area contributed by atoms with E-state index < -0.39 is 30.6 Å². The van der Waals surface area contributed by atoms with Gasteiger partial charge in [-0.3, -0.25) is 14.4 Å². The predicted molar refractivity (Wildman–Crippen MR) is 89.1 cm³/mol. The Morgan fingerprint density at radius 1 is 1.12 bits per heavy atom. The van der Waals surface area contributed by atoms with E-state index in [-0.39, 0.29) is 17.0 Å². The number of hydrogen-bond acceptors (Lipinski definition) is 6. The van der Waals surface area contributed by atoms with Crippen molar-refractivity contribution in [2.75, 3.05) is 6.73 Å². The standard InChI is InChI=1S/C17H14N2O5S/c1-10(18-14(20)13-7-4-8-25-13)17(23)24-9-19-15(21)11-5-2-3-6-12(11)16(19)22/h2-8,10H,9H2,1H3,(H,18,20). The molecule has 2 heterocycles. The van der Waals surface area contributed by atoms with Gasteiger partial charge in [0.2, 0.25) is 0 Å². The van der Waals surface area contributed by atoms with Crippen LogP contribution in [-0.4, -0.2) is 41.4 Å². The van der Waals surface area contributed by atoms with Crippen molar-refractivity contribution in [3.63, 3.8) is 0 Å². The van der Waals surface area contributed by atoms with Crippen molar-refractivity contribution in [2.24, 2.45) is 0 Å². The maximum Gasteiger partial charge on any atom is 0.330 e. The molecule has 128 valence electrons. The van der Waals surface area contributed by atoms with Gasteiger partial charge in [0.25, 0.3) is 17.7 Å². The first-order valence-electron chi connectivity index (χ1n) is 7.45. The Morgan fingerprint density at radius 3 is 2.32 bits per heavy atom. The maximum absolute atomic E-state index is 12.2. The summed E-state index contributed by atoms with van der Waals surface area (Å²) in [7, 11) is 0. The second kappa shape index (κ2) is 6.86. The molecule has 1 atom stereocenters. The Balaban J connectivity index is 1.57. The summed E-state index contributed by atoms with van der Waals surface area (Å²) in [6.45, 7) is 0.973. The Morgan fingerprint density at radius 2 is 1.76 bits per heavy atom. The molecule has 25 heavy (non-hydrogen) atoms. The van der Waals surface area contributed by atoms with E-state index in [4.69, 9.17) is 4.74 Å². The SMILES string of the molecule is CC(NC(=O)c1cccs1)C(=O)OCN1C(=O)c2ccccc2C1=O. The second-order valence-electron chi connectivity index (χ2n) is 5.35. The van der Waals surface area contributed by atoms with Gasteiger partial charge in [-0.1, -0.05) is 18.2 Å². The van der Waals surface area contributed by atoms with Crippen molar-refractivity contribution < 1.29 is 23.9 Å². The highest BCUT2D eigenvalue weighted by molar-refractivity contribution is 7.12. The van der Waals surface area contributed by atoms with Crippen LogP contribution in [0.25, 0.3) is 0 Å². The quantitative estimate of drug-likeness (QED) is 0.648. The molecule has 7 nitrogen and oxygen atoms in total. The van der Waals surface area contributed by atoms with Crippen LogP contribution >= 0.6 is 11.3 Å². The molecule has 1 aliphatic rings. The molecule has 3 amide bonds. The molecule has 1 N–H and O–H groups in total. The Labute approximate surface area is 147 Å². The minimum absolute atomic E-state index is 0.280. The molecule has 1 aromatic carbocycles. The number of hydrogen-bond donors (Lipinski definition) is 1. The van der Waals surface area contributed by atoms with E-state index in [2.05, 4.69) is 5.32 Å². The van der Waals surface area contributed by atoms with Crippen molar-refractivity contribution >= 4 is 35.0 Å². The molecule has 0 saturated carbocycles. The molecule has 1 aromatic heterocycles. The number of nitrogens with one attached hydrogen (secondary N) is 1. The van der Waals surface area contributed by atoms with Crippen molar-refractivity contribution in [2.45, 2.75) is 13.0 Å². The second-order valence-corrected chi connectivity index (χ2v) is 6.30. The van der Waals surface area contributed by atoms with E-state index in [1.165, 1.54) is 18.3 Å². The van der Waals surface area contributed by atoms with Gasteiger partial charge in [0.15, 0.2) is 6.73 Å². The minimum Gasteiger partial charge on any atom is -0.442 e. The number of carbonyl (C=O) groups excluding carboxylic acids is 4. The monoisotopic (exact) mass is 358 g/mol. The van der Waals surface area contributed by atoms with Crippen LogP contribution in [0.15, 0.2) is 41.8 Å². The van der Waals surface area contributed by atoms with Crippen LogP contribution in [-0.2, 0) is 9.53 Å². The minimum atomic E-state index is -0.912. The topological polar surface area (TPSA) is 92.8 Å². The van der Waals surface area contributed by atoms with Gasteiger partial charge < -0.3 is 10.1 Å². The highest BCUT2D eigenvalue weighted by Crippen LogP contribution is 2.22. The zero-order valence-corrected chi connectivity index (χ0v) is 14.0. The van der Waals surface area contributed by atoms with Gasteiger partial charge in [0, 0.05) is 0 Å². The third-order valence-corrected chi connectivity index (χ3v) is 4.53. The summed E-state index contributed by atoms with van der Waals surface area (Å²) in [5.74, 6) is -2.14. The molecule has 0 aliphatic carbocycles. The lowest BCUT2D eigenvalue weighted by Crippen LogP contribution is -2.41. The summed E-state index contributed by atoms with van der Waals surface area (Å²) in [5.41, 5.74) is 0.560. The van der Waals surface area contributed by atoms with Crippen LogP contribution in [0.1, 0.15) is 37.3 Å². The third-order valence-electron chi connectivity index (χ3n) is 3.66. The molecule has 1 aliphatic heterocycles. The number of esters is 1. The van der Waals surface area contributed by atoms with Crippen LogP contribution in [0.2, 0.25) is 0 Å². The Bertz CT molecular complexity index is 811. The molecule has 0 bridgehead atoms. The molecule has 1 unspecified atom stereocenters. The van der Waals surface area contributed by atoms with Crippen LogP contribution in [0.5, 0.6) is 0 Å². The van der Waals surface area contributed by atoms with Crippen molar-refractivity contribution in [3.05, 3.63) is 57.8 Å². The first-order valence-corrected chi connectivity index (χ1v) is 8.33. The van der Waals surface area contributed by atoms with Crippen LogP contribution in [0, 0.1) is 0 Å². The fraction of sp³-hybridized carbons (Fsp3) is 0.176. The summed E-state index contributed by atoms with van der Waals surface area (Å²) < 4.78 is 5.01. The van der Waals surface area contributed by atoms with E-state index in [1.807, 2.05) is 0 Å². The average molecular weight is 358 g/mol. The fourth-order valence-electron chi connectivity index (χ4n) is 2.34. The summed E-state index contributed by atoms with van der Waals surface area (Å²) in [6.07, 6.45) is 0. The predicted octanol–water partition coefficient (Wildman–Crippen LogP) is 1.66. The Hall–Kier alpha value is -3.00. The van der Waals surface area contributed by atoms with E-state index in [0.29, 0.717) is 4.88 Å². The van der Waals surface area contributed by atoms with Gasteiger partial charge in [-0.25, -0.2) is 9.69 Å². The highest BCUT2D eigenvalue weighted by Gasteiger charge is 2.36. The van der Waals surface area contributed by atoms with Crippen molar-refractivity contribution in [1.82, 2.24) is 10.2 Å². The van der Waals surface area contributed by atoms with Crippen LogP contribution < -0.4 is 5.32 Å². The van der Waals surface area contributed by atoms with Gasteiger partial charge >= 0.3 is 5.97 Å². The zero-order chi connectivity index (χ0) is 18.0. The summed E-state index contributed by atoms with van der Waals surface area (Å²) >= 11 is 1.25. The third kappa shape index (κ3) is 3.29. The Kier molecular flexibility index (Phi) is 4.62. The lowest BCUT2D eigenvalue weighted by molar-refractivity contribution is -0.148. The van der Waals surface area contributed by atoms with Crippen molar-refractivity contribution in [3.8, 4) is 0 Å². The first-order chi connectivity index (χ1) is 12.0. The van der Waals surface area contributed by atoms with Gasteiger partial charge in [0.1, 0.15) is 6.04 Å². The summed E-state index contributed by atoms with van der Waals surface area (Å²) in [5, 5.41) is 4.26. The van der Waals surface area contributed by atoms with E-state index in [9.17, 15) is 19.2 Å². The van der Waals surface area contributed by atoms with Crippen LogP contribution in [0.3, 0.4) is 0 Å². The van der Waals surface area contributed by atoms with E-state index in [0.717, 1.165) is 4.90 Å². The lowest BCUT2D eigenvalue weighted by atomic mass is 10.1. The van der Waals surface area contributed by atoms with Gasteiger partial charge in [-0.05, 0) is 30.5 Å². The van der Waals surface area contributed by atoms with E-state index >= 15 is 0 Å². The number of amides is 3. The number of imide groups is 1. The largest absolute Gasteiger partial charge is 0.442 e. The van der Waals surface area contributed by atoms with Gasteiger partial charge in [-0.15, -0.1) is 11.3 Å². The van der Waals surface area contributed by atoms with Crippen LogP contribution in [0.4, 0.5) is 0 Å². The van der Waals surface area contributed by atoms with E-state index in [1.54, 1.807) is 41.8 Å². The molecule has 0 radical (unpaired) electrons. The maximum atomic E-state index is 12.2. The number of thiophene rings is 1. The normalized spacial score (nSPS) is 14.2. The molecule has 0 saturated heterocycles. The molecule has 0 fully saturated rings.